The molecular weight excluding hydrogens is 234 g/mol. The Morgan fingerprint density at radius 2 is 1.94 bits per heavy atom. The fraction of sp³-hybridized carbons (Fsp3) is 0.750. The molecule has 0 aromatic rings. The monoisotopic (exact) mass is 255 g/mol. The van der Waals surface area contributed by atoms with E-state index in [2.05, 4.69) is 15.8 Å². The van der Waals surface area contributed by atoms with Crippen molar-refractivity contribution in [2.75, 3.05) is 20.3 Å². The van der Waals surface area contributed by atoms with Crippen LogP contribution in [0.5, 0.6) is 0 Å². The van der Waals surface area contributed by atoms with Crippen molar-refractivity contribution in [1.82, 2.24) is 10.7 Å². The van der Waals surface area contributed by atoms with Crippen LogP contribution in [-0.4, -0.2) is 37.8 Å². The summed E-state index contributed by atoms with van der Waals surface area (Å²) in [4.78, 5) is 22.7. The summed E-state index contributed by atoms with van der Waals surface area (Å²) in [7, 11) is 1.59. The van der Waals surface area contributed by atoms with E-state index in [0.717, 1.165) is 31.4 Å². The molecule has 102 valence electrons. The highest BCUT2D eigenvalue weighted by Gasteiger charge is 2.13. The Kier molecular flexibility index (Phi) is 7.01. The SMILES string of the molecule is COCCCNC(=O)C(=O)NN=C1CCCCC1. The van der Waals surface area contributed by atoms with Gasteiger partial charge >= 0.3 is 11.8 Å². The normalized spacial score (nSPS) is 15.1. The molecule has 2 amide bonds. The molecule has 2 N–H and O–H groups in total. The lowest BCUT2D eigenvalue weighted by Crippen LogP contribution is -2.38. The topological polar surface area (TPSA) is 79.8 Å². The maximum Gasteiger partial charge on any atom is 0.329 e. The number of hydrazone groups is 1. The van der Waals surface area contributed by atoms with E-state index in [0.29, 0.717) is 19.6 Å². The number of hydrogen-bond donors (Lipinski definition) is 2. The lowest BCUT2D eigenvalue weighted by atomic mass is 9.99. The lowest BCUT2D eigenvalue weighted by molar-refractivity contribution is -0.139. The van der Waals surface area contributed by atoms with E-state index in [1.165, 1.54) is 6.42 Å². The van der Waals surface area contributed by atoms with Gasteiger partial charge in [-0.05, 0) is 32.1 Å². The number of carbonyl (C=O) groups excluding carboxylic acids is 2. The molecule has 0 saturated heterocycles. The van der Waals surface area contributed by atoms with Gasteiger partial charge in [0.1, 0.15) is 0 Å². The van der Waals surface area contributed by atoms with Crippen molar-refractivity contribution in [3.63, 3.8) is 0 Å². The quantitative estimate of drug-likeness (QED) is 0.428. The number of methoxy groups -OCH3 is 1. The number of rotatable bonds is 5. The van der Waals surface area contributed by atoms with Crippen LogP contribution in [0.25, 0.3) is 0 Å². The summed E-state index contributed by atoms with van der Waals surface area (Å²) >= 11 is 0. The average Bonchev–Trinajstić information content (AvgIpc) is 2.42. The maximum atomic E-state index is 11.4. The molecule has 0 unspecified atom stereocenters. The fourth-order valence-electron chi connectivity index (χ4n) is 1.75. The molecule has 0 radical (unpaired) electrons. The van der Waals surface area contributed by atoms with Gasteiger partial charge in [-0.3, -0.25) is 9.59 Å². The van der Waals surface area contributed by atoms with Crippen LogP contribution >= 0.6 is 0 Å². The van der Waals surface area contributed by atoms with Gasteiger partial charge in [0.15, 0.2) is 0 Å². The molecule has 1 fully saturated rings. The molecular formula is C12H21N3O3. The van der Waals surface area contributed by atoms with Crippen molar-refractivity contribution in [1.29, 1.82) is 0 Å². The molecule has 0 bridgehead atoms. The van der Waals surface area contributed by atoms with Crippen LogP contribution in [0.3, 0.4) is 0 Å². The predicted molar refractivity (Wildman–Crippen MR) is 68.2 cm³/mol. The minimum atomic E-state index is -0.703. The summed E-state index contributed by atoms with van der Waals surface area (Å²) in [5.74, 6) is -1.35. The predicted octanol–water partition coefficient (Wildman–Crippen LogP) is 0.575. The zero-order chi connectivity index (χ0) is 13.2. The third kappa shape index (κ3) is 5.77. The molecule has 0 aromatic heterocycles. The molecule has 6 nitrogen and oxygen atoms in total. The zero-order valence-corrected chi connectivity index (χ0v) is 10.8. The van der Waals surface area contributed by atoms with Crippen LogP contribution < -0.4 is 10.7 Å². The highest BCUT2D eigenvalue weighted by Crippen LogP contribution is 2.13. The molecule has 0 atom stereocenters. The molecule has 1 saturated carbocycles. The van der Waals surface area contributed by atoms with E-state index < -0.39 is 11.8 Å². The third-order valence-electron chi connectivity index (χ3n) is 2.76. The van der Waals surface area contributed by atoms with Crippen molar-refractivity contribution in [3.8, 4) is 0 Å². The molecule has 0 heterocycles. The van der Waals surface area contributed by atoms with E-state index in [9.17, 15) is 9.59 Å². The number of carbonyl (C=O) groups is 2. The Morgan fingerprint density at radius 3 is 2.61 bits per heavy atom. The van der Waals surface area contributed by atoms with Crippen molar-refractivity contribution in [3.05, 3.63) is 0 Å². The number of hydrogen-bond acceptors (Lipinski definition) is 4. The van der Waals surface area contributed by atoms with E-state index in [1.54, 1.807) is 7.11 Å². The molecule has 1 aliphatic carbocycles. The minimum absolute atomic E-state index is 0.427. The second kappa shape index (κ2) is 8.63. The Hall–Kier alpha value is -1.43. The van der Waals surface area contributed by atoms with Crippen molar-refractivity contribution >= 4 is 17.5 Å². The van der Waals surface area contributed by atoms with Gasteiger partial charge in [0.05, 0.1) is 0 Å². The molecule has 6 heteroatoms. The van der Waals surface area contributed by atoms with Crippen molar-refractivity contribution in [2.45, 2.75) is 38.5 Å². The molecule has 1 aliphatic rings. The molecule has 0 aromatic carbocycles. The lowest BCUT2D eigenvalue weighted by Gasteiger charge is -2.11. The van der Waals surface area contributed by atoms with E-state index in [1.807, 2.05) is 0 Å². The van der Waals surface area contributed by atoms with E-state index in [4.69, 9.17) is 4.74 Å². The van der Waals surface area contributed by atoms with Crippen LogP contribution in [0.4, 0.5) is 0 Å². The highest BCUT2D eigenvalue weighted by molar-refractivity contribution is 6.35. The third-order valence-corrected chi connectivity index (χ3v) is 2.76. The summed E-state index contributed by atoms with van der Waals surface area (Å²) < 4.78 is 4.84. The van der Waals surface area contributed by atoms with Gasteiger partial charge in [-0.2, -0.15) is 5.10 Å². The number of ether oxygens (including phenoxy) is 1. The van der Waals surface area contributed by atoms with Gasteiger partial charge in [-0.1, -0.05) is 6.42 Å². The van der Waals surface area contributed by atoms with Gasteiger partial charge in [0.25, 0.3) is 0 Å². The highest BCUT2D eigenvalue weighted by atomic mass is 16.5. The number of nitrogens with zero attached hydrogens (tertiary/aromatic N) is 1. The van der Waals surface area contributed by atoms with Crippen LogP contribution in [0.2, 0.25) is 0 Å². The van der Waals surface area contributed by atoms with Gasteiger partial charge in [0, 0.05) is 26.0 Å². The Bertz CT molecular complexity index is 308. The first-order valence-corrected chi connectivity index (χ1v) is 6.36. The Labute approximate surface area is 107 Å². The maximum absolute atomic E-state index is 11.4. The average molecular weight is 255 g/mol. The van der Waals surface area contributed by atoms with Crippen molar-refractivity contribution in [2.24, 2.45) is 5.10 Å². The first-order valence-electron chi connectivity index (χ1n) is 6.36. The summed E-state index contributed by atoms with van der Waals surface area (Å²) in [6, 6.07) is 0. The van der Waals surface area contributed by atoms with Crippen LogP contribution in [-0.2, 0) is 14.3 Å². The van der Waals surface area contributed by atoms with Crippen LogP contribution in [0.1, 0.15) is 38.5 Å². The molecule has 1 rings (SSSR count). The second-order valence-electron chi connectivity index (χ2n) is 4.28. The number of nitrogens with one attached hydrogen (secondary N) is 2. The van der Waals surface area contributed by atoms with Crippen LogP contribution in [0, 0.1) is 0 Å². The summed E-state index contributed by atoms with van der Waals surface area (Å²) in [5, 5.41) is 6.48. The van der Waals surface area contributed by atoms with E-state index >= 15 is 0 Å². The van der Waals surface area contributed by atoms with Gasteiger partial charge in [-0.15, -0.1) is 0 Å². The fourth-order valence-corrected chi connectivity index (χ4v) is 1.75. The number of amides is 2. The summed E-state index contributed by atoms with van der Waals surface area (Å²) in [6.07, 6.45) is 5.94. The Balaban J connectivity index is 2.20. The summed E-state index contributed by atoms with van der Waals surface area (Å²) in [5.41, 5.74) is 3.27. The standard InChI is InChI=1S/C12H21N3O3/c1-18-9-5-8-13-11(16)12(17)15-14-10-6-3-2-4-7-10/h2-9H2,1H3,(H,13,16)(H,15,17). The van der Waals surface area contributed by atoms with Crippen LogP contribution in [0.15, 0.2) is 5.10 Å². The van der Waals surface area contributed by atoms with Gasteiger partial charge in [0.2, 0.25) is 0 Å². The minimum Gasteiger partial charge on any atom is -0.385 e. The Morgan fingerprint density at radius 1 is 1.22 bits per heavy atom. The second-order valence-corrected chi connectivity index (χ2v) is 4.28. The molecule has 0 spiro atoms. The molecule has 18 heavy (non-hydrogen) atoms. The van der Waals surface area contributed by atoms with Crippen molar-refractivity contribution < 1.29 is 14.3 Å². The molecule has 0 aliphatic heterocycles. The van der Waals surface area contributed by atoms with Gasteiger partial charge in [-0.25, -0.2) is 5.43 Å². The summed E-state index contributed by atoms with van der Waals surface area (Å²) in [6.45, 7) is 0.987. The smallest absolute Gasteiger partial charge is 0.329 e. The zero-order valence-electron chi connectivity index (χ0n) is 10.8. The van der Waals surface area contributed by atoms with Gasteiger partial charge < -0.3 is 10.1 Å². The van der Waals surface area contributed by atoms with E-state index in [-0.39, 0.29) is 0 Å². The first kappa shape index (κ1) is 14.6. The largest absolute Gasteiger partial charge is 0.385 e. The first-order chi connectivity index (χ1) is 8.74.